The third-order valence-corrected chi connectivity index (χ3v) is 3.99. The molecule has 0 fully saturated rings. The van der Waals surface area contributed by atoms with Crippen molar-refractivity contribution in [3.63, 3.8) is 0 Å². The average Bonchev–Trinajstić information content (AvgIpc) is 2.85. The molecule has 0 N–H and O–H groups in total. The van der Waals surface area contributed by atoms with Crippen molar-refractivity contribution in [2.24, 2.45) is 5.92 Å². The molecule has 0 amide bonds. The number of hydrogen-bond acceptors (Lipinski definition) is 5. The van der Waals surface area contributed by atoms with Crippen LogP contribution in [0.3, 0.4) is 0 Å². The van der Waals surface area contributed by atoms with E-state index in [0.29, 0.717) is 6.42 Å². The zero-order valence-electron chi connectivity index (χ0n) is 10.7. The number of benzene rings is 1. The van der Waals surface area contributed by atoms with Gasteiger partial charge in [-0.15, -0.1) is 11.3 Å². The van der Waals surface area contributed by atoms with Crippen molar-refractivity contribution in [2.45, 2.75) is 6.42 Å². The Kier molecular flexibility index (Phi) is 4.16. The van der Waals surface area contributed by atoms with Crippen LogP contribution in [0.25, 0.3) is 10.1 Å². The average molecular weight is 278 g/mol. The molecule has 0 saturated carbocycles. The first-order chi connectivity index (χ1) is 9.15. The maximum atomic E-state index is 11.6. The minimum atomic E-state index is -0.900. The van der Waals surface area contributed by atoms with Gasteiger partial charge in [0.2, 0.25) is 0 Å². The zero-order chi connectivity index (χ0) is 13.8. The van der Waals surface area contributed by atoms with Crippen molar-refractivity contribution in [1.29, 1.82) is 0 Å². The molecule has 0 aliphatic rings. The molecule has 0 radical (unpaired) electrons. The Hall–Kier alpha value is -1.88. The van der Waals surface area contributed by atoms with Crippen molar-refractivity contribution in [3.8, 4) is 0 Å². The predicted octanol–water partition coefficient (Wildman–Crippen LogP) is 2.41. The van der Waals surface area contributed by atoms with E-state index in [1.807, 2.05) is 30.3 Å². The Labute approximate surface area is 114 Å². The summed E-state index contributed by atoms with van der Waals surface area (Å²) >= 11 is 1.57. The van der Waals surface area contributed by atoms with E-state index in [2.05, 4.69) is 9.47 Å². The van der Waals surface area contributed by atoms with E-state index in [1.54, 1.807) is 11.3 Å². The number of thiophene rings is 1. The summed E-state index contributed by atoms with van der Waals surface area (Å²) in [5, 5.41) is 1.11. The Morgan fingerprint density at radius 3 is 2.37 bits per heavy atom. The minimum Gasteiger partial charge on any atom is -0.468 e. The highest BCUT2D eigenvalue weighted by molar-refractivity contribution is 7.19. The standard InChI is InChI=1S/C14H14O4S/c1-17-13(15)11(14(16)18-2)8-10-7-9-5-3-4-6-12(9)19-10/h3-7,11H,8H2,1-2H3. The molecule has 1 heterocycles. The smallest absolute Gasteiger partial charge is 0.320 e. The molecule has 0 unspecified atom stereocenters. The van der Waals surface area contributed by atoms with Gasteiger partial charge in [-0.3, -0.25) is 9.59 Å². The summed E-state index contributed by atoms with van der Waals surface area (Å²) in [6.07, 6.45) is 0.304. The molecule has 5 heteroatoms. The monoisotopic (exact) mass is 278 g/mol. The fourth-order valence-electron chi connectivity index (χ4n) is 1.89. The second-order valence-corrected chi connectivity index (χ2v) is 5.22. The molecule has 2 aromatic rings. The van der Waals surface area contributed by atoms with E-state index >= 15 is 0 Å². The lowest BCUT2D eigenvalue weighted by molar-refractivity contribution is -0.158. The maximum absolute atomic E-state index is 11.6. The molecule has 0 bridgehead atoms. The van der Waals surface area contributed by atoms with Gasteiger partial charge in [-0.1, -0.05) is 18.2 Å². The van der Waals surface area contributed by atoms with Gasteiger partial charge in [-0.05, 0) is 17.5 Å². The van der Waals surface area contributed by atoms with Gasteiger partial charge < -0.3 is 9.47 Å². The van der Waals surface area contributed by atoms with Crippen LogP contribution in [0.2, 0.25) is 0 Å². The Balaban J connectivity index is 2.25. The molecule has 19 heavy (non-hydrogen) atoms. The molecule has 100 valence electrons. The maximum Gasteiger partial charge on any atom is 0.320 e. The van der Waals surface area contributed by atoms with E-state index in [1.165, 1.54) is 14.2 Å². The first-order valence-corrected chi connectivity index (χ1v) is 6.60. The van der Waals surface area contributed by atoms with Crippen LogP contribution in [0.4, 0.5) is 0 Å². The van der Waals surface area contributed by atoms with Gasteiger partial charge in [-0.2, -0.15) is 0 Å². The van der Waals surface area contributed by atoms with Gasteiger partial charge in [0.15, 0.2) is 5.92 Å². The summed E-state index contributed by atoms with van der Waals surface area (Å²) in [7, 11) is 2.53. The van der Waals surface area contributed by atoms with Crippen molar-refractivity contribution in [1.82, 2.24) is 0 Å². The molecule has 0 saturated heterocycles. The van der Waals surface area contributed by atoms with Crippen LogP contribution in [-0.2, 0) is 25.5 Å². The van der Waals surface area contributed by atoms with Crippen LogP contribution in [0.5, 0.6) is 0 Å². The highest BCUT2D eigenvalue weighted by atomic mass is 32.1. The number of fused-ring (bicyclic) bond motifs is 1. The summed E-state index contributed by atoms with van der Waals surface area (Å²) in [6.45, 7) is 0. The zero-order valence-corrected chi connectivity index (χ0v) is 11.5. The molecule has 0 aliphatic heterocycles. The largest absolute Gasteiger partial charge is 0.468 e. The third-order valence-electron chi connectivity index (χ3n) is 2.85. The van der Waals surface area contributed by atoms with E-state index in [0.717, 1.165) is 15.0 Å². The van der Waals surface area contributed by atoms with Crippen LogP contribution in [0, 0.1) is 5.92 Å². The molecular formula is C14H14O4S. The molecule has 1 aromatic heterocycles. The fourth-order valence-corrected chi connectivity index (χ4v) is 3.00. The number of esters is 2. The lowest BCUT2D eigenvalue weighted by Crippen LogP contribution is -2.28. The Bertz CT molecular complexity index is 553. The van der Waals surface area contributed by atoms with Crippen LogP contribution in [-0.4, -0.2) is 26.2 Å². The third kappa shape index (κ3) is 2.93. The van der Waals surface area contributed by atoms with E-state index in [9.17, 15) is 9.59 Å². The summed E-state index contributed by atoms with van der Waals surface area (Å²) in [6, 6.07) is 9.91. The topological polar surface area (TPSA) is 52.6 Å². The molecule has 1 aromatic carbocycles. The first kappa shape index (κ1) is 13.5. The summed E-state index contributed by atoms with van der Waals surface area (Å²) < 4.78 is 10.4. The van der Waals surface area contributed by atoms with Crippen LogP contribution in [0.15, 0.2) is 30.3 Å². The number of carbonyl (C=O) groups is 2. The first-order valence-electron chi connectivity index (χ1n) is 5.79. The predicted molar refractivity (Wildman–Crippen MR) is 73.1 cm³/mol. The lowest BCUT2D eigenvalue weighted by Gasteiger charge is -2.10. The molecular weight excluding hydrogens is 264 g/mol. The van der Waals surface area contributed by atoms with Crippen molar-refractivity contribution in [2.75, 3.05) is 14.2 Å². The Morgan fingerprint density at radius 1 is 1.16 bits per heavy atom. The van der Waals surface area contributed by atoms with E-state index < -0.39 is 17.9 Å². The molecule has 4 nitrogen and oxygen atoms in total. The second-order valence-electron chi connectivity index (χ2n) is 4.05. The van der Waals surface area contributed by atoms with E-state index in [-0.39, 0.29) is 0 Å². The number of carbonyl (C=O) groups excluding carboxylic acids is 2. The summed E-state index contributed by atoms with van der Waals surface area (Å²) in [4.78, 5) is 24.2. The number of methoxy groups -OCH3 is 2. The lowest BCUT2D eigenvalue weighted by atomic mass is 10.0. The minimum absolute atomic E-state index is 0.304. The molecule has 0 atom stereocenters. The normalized spacial score (nSPS) is 10.7. The SMILES string of the molecule is COC(=O)C(Cc1cc2ccccc2s1)C(=O)OC. The van der Waals surface area contributed by atoms with Crippen molar-refractivity contribution < 1.29 is 19.1 Å². The quantitative estimate of drug-likeness (QED) is 0.636. The van der Waals surface area contributed by atoms with Gasteiger partial charge in [0.25, 0.3) is 0 Å². The Morgan fingerprint density at radius 2 is 1.79 bits per heavy atom. The van der Waals surface area contributed by atoms with Gasteiger partial charge in [0, 0.05) is 16.0 Å². The number of rotatable bonds is 4. The fraction of sp³-hybridized carbons (Fsp3) is 0.286. The summed E-state index contributed by atoms with van der Waals surface area (Å²) in [5.74, 6) is -2.03. The second kappa shape index (κ2) is 5.84. The van der Waals surface area contributed by atoms with Gasteiger partial charge >= 0.3 is 11.9 Å². The van der Waals surface area contributed by atoms with Gasteiger partial charge in [-0.25, -0.2) is 0 Å². The van der Waals surface area contributed by atoms with Crippen LogP contribution < -0.4 is 0 Å². The van der Waals surface area contributed by atoms with Gasteiger partial charge in [0.05, 0.1) is 14.2 Å². The van der Waals surface area contributed by atoms with Crippen molar-refractivity contribution in [3.05, 3.63) is 35.2 Å². The number of hydrogen-bond donors (Lipinski definition) is 0. The molecule has 2 rings (SSSR count). The molecule has 0 spiro atoms. The van der Waals surface area contributed by atoms with Crippen molar-refractivity contribution >= 4 is 33.4 Å². The van der Waals surface area contributed by atoms with Crippen LogP contribution >= 0.6 is 11.3 Å². The highest BCUT2D eigenvalue weighted by Gasteiger charge is 2.29. The number of ether oxygens (including phenoxy) is 2. The highest BCUT2D eigenvalue weighted by Crippen LogP contribution is 2.27. The van der Waals surface area contributed by atoms with Crippen LogP contribution in [0.1, 0.15) is 4.88 Å². The summed E-state index contributed by atoms with van der Waals surface area (Å²) in [5.41, 5.74) is 0. The van der Waals surface area contributed by atoms with Gasteiger partial charge in [0.1, 0.15) is 0 Å². The van der Waals surface area contributed by atoms with E-state index in [4.69, 9.17) is 0 Å². The molecule has 0 aliphatic carbocycles.